The summed E-state index contributed by atoms with van der Waals surface area (Å²) in [7, 11) is 1.66. The molecule has 2 heterocycles. The molecule has 0 unspecified atom stereocenters. The average Bonchev–Trinajstić information content (AvgIpc) is 3.15. The van der Waals surface area contributed by atoms with Crippen molar-refractivity contribution >= 4 is 0 Å². The first-order valence-electron chi connectivity index (χ1n) is 7.64. The van der Waals surface area contributed by atoms with Crippen LogP contribution in [0.3, 0.4) is 0 Å². The summed E-state index contributed by atoms with van der Waals surface area (Å²) in [5.74, 6) is 3.20. The van der Waals surface area contributed by atoms with Gasteiger partial charge in [0.25, 0.3) is 0 Å². The van der Waals surface area contributed by atoms with Gasteiger partial charge in [-0.05, 0) is 47.5 Å². The maximum atomic E-state index is 5.21. The quantitative estimate of drug-likeness (QED) is 0.684. The standard InChI is InChI=1S/C15H17N7O/c1-23-13-6-4-12(5-7-13)22-14(8-9-21-10-16-19-20-21)17-15(18-22)11-2-3-11/h4-7,10-11H,2-3,8-9H2,1H3. The van der Waals surface area contributed by atoms with Crippen LogP contribution in [0, 0.1) is 0 Å². The van der Waals surface area contributed by atoms with Gasteiger partial charge in [0.1, 0.15) is 17.9 Å². The van der Waals surface area contributed by atoms with Gasteiger partial charge in [0.2, 0.25) is 0 Å². The van der Waals surface area contributed by atoms with Gasteiger partial charge in [0, 0.05) is 12.3 Å². The van der Waals surface area contributed by atoms with Crippen molar-refractivity contribution in [1.82, 2.24) is 35.0 Å². The van der Waals surface area contributed by atoms with E-state index >= 15 is 0 Å². The summed E-state index contributed by atoms with van der Waals surface area (Å²) in [5, 5.41) is 15.9. The zero-order valence-corrected chi connectivity index (χ0v) is 12.8. The number of aromatic nitrogens is 7. The molecule has 0 saturated heterocycles. The first kappa shape index (κ1) is 13.9. The second kappa shape index (κ2) is 5.79. The number of nitrogens with zero attached hydrogens (tertiary/aromatic N) is 7. The third-order valence-corrected chi connectivity index (χ3v) is 3.91. The highest BCUT2D eigenvalue weighted by molar-refractivity contribution is 5.37. The lowest BCUT2D eigenvalue weighted by Crippen LogP contribution is -2.08. The Morgan fingerprint density at radius 2 is 2.04 bits per heavy atom. The Labute approximate surface area is 133 Å². The summed E-state index contributed by atoms with van der Waals surface area (Å²) in [6.45, 7) is 0.673. The molecule has 2 aromatic heterocycles. The molecule has 3 aromatic rings. The maximum absolute atomic E-state index is 5.21. The predicted molar refractivity (Wildman–Crippen MR) is 81.4 cm³/mol. The summed E-state index contributed by atoms with van der Waals surface area (Å²) in [4.78, 5) is 4.73. The summed E-state index contributed by atoms with van der Waals surface area (Å²) < 4.78 is 8.83. The summed E-state index contributed by atoms with van der Waals surface area (Å²) >= 11 is 0. The summed E-state index contributed by atoms with van der Waals surface area (Å²) in [5.41, 5.74) is 0.983. The second-order valence-electron chi connectivity index (χ2n) is 5.59. The molecule has 1 aliphatic carbocycles. The fourth-order valence-electron chi connectivity index (χ4n) is 2.47. The van der Waals surface area contributed by atoms with E-state index in [1.54, 1.807) is 18.1 Å². The van der Waals surface area contributed by atoms with E-state index in [0.29, 0.717) is 12.5 Å². The van der Waals surface area contributed by atoms with Crippen molar-refractivity contribution in [3.05, 3.63) is 42.2 Å². The number of rotatable bonds is 6. The Kier molecular flexibility index (Phi) is 3.49. The first-order chi connectivity index (χ1) is 11.3. The smallest absolute Gasteiger partial charge is 0.154 e. The molecule has 0 amide bonds. The second-order valence-corrected chi connectivity index (χ2v) is 5.59. The Hall–Kier alpha value is -2.77. The van der Waals surface area contributed by atoms with Crippen LogP contribution < -0.4 is 4.74 Å². The van der Waals surface area contributed by atoms with Crippen molar-refractivity contribution in [2.24, 2.45) is 0 Å². The highest BCUT2D eigenvalue weighted by Gasteiger charge is 2.29. The molecule has 1 aliphatic rings. The molecule has 4 rings (SSSR count). The fourth-order valence-corrected chi connectivity index (χ4v) is 2.47. The molecule has 118 valence electrons. The summed E-state index contributed by atoms with van der Waals surface area (Å²) in [6, 6.07) is 7.84. The van der Waals surface area contributed by atoms with Crippen LogP contribution in [0.5, 0.6) is 5.75 Å². The highest BCUT2D eigenvalue weighted by atomic mass is 16.5. The topological polar surface area (TPSA) is 83.5 Å². The SMILES string of the molecule is COc1ccc(-n2nc(C3CC3)nc2CCn2cnnn2)cc1. The number of hydrogen-bond donors (Lipinski definition) is 0. The van der Waals surface area contributed by atoms with Crippen LogP contribution >= 0.6 is 0 Å². The molecule has 0 radical (unpaired) electrons. The van der Waals surface area contributed by atoms with E-state index in [0.717, 1.165) is 29.5 Å². The van der Waals surface area contributed by atoms with Crippen molar-refractivity contribution in [3.63, 3.8) is 0 Å². The van der Waals surface area contributed by atoms with E-state index < -0.39 is 0 Å². The van der Waals surface area contributed by atoms with Crippen molar-refractivity contribution in [2.75, 3.05) is 7.11 Å². The molecule has 8 heteroatoms. The Bertz CT molecular complexity index is 775. The van der Waals surface area contributed by atoms with Gasteiger partial charge in [-0.25, -0.2) is 14.3 Å². The van der Waals surface area contributed by atoms with Gasteiger partial charge < -0.3 is 4.74 Å². The number of tetrazole rings is 1. The molecule has 1 fully saturated rings. The lowest BCUT2D eigenvalue weighted by atomic mass is 10.3. The molecule has 0 N–H and O–H groups in total. The number of ether oxygens (including phenoxy) is 1. The highest BCUT2D eigenvalue weighted by Crippen LogP contribution is 2.38. The molecule has 1 aromatic carbocycles. The van der Waals surface area contributed by atoms with Crippen LogP contribution in [0.15, 0.2) is 30.6 Å². The number of benzene rings is 1. The average molecular weight is 311 g/mol. The largest absolute Gasteiger partial charge is 0.497 e. The maximum Gasteiger partial charge on any atom is 0.154 e. The van der Waals surface area contributed by atoms with Gasteiger partial charge in [-0.1, -0.05) is 0 Å². The number of methoxy groups -OCH3 is 1. The van der Waals surface area contributed by atoms with E-state index in [4.69, 9.17) is 14.8 Å². The lowest BCUT2D eigenvalue weighted by Gasteiger charge is -2.06. The Morgan fingerprint density at radius 3 is 2.70 bits per heavy atom. The van der Waals surface area contributed by atoms with Crippen LogP contribution in [0.1, 0.15) is 30.4 Å². The third kappa shape index (κ3) is 2.92. The van der Waals surface area contributed by atoms with Crippen molar-refractivity contribution in [3.8, 4) is 11.4 Å². The van der Waals surface area contributed by atoms with Crippen molar-refractivity contribution in [2.45, 2.75) is 31.7 Å². The first-order valence-corrected chi connectivity index (χ1v) is 7.64. The normalized spacial score (nSPS) is 14.1. The predicted octanol–water partition coefficient (Wildman–Crippen LogP) is 1.38. The molecular weight excluding hydrogens is 294 g/mol. The van der Waals surface area contributed by atoms with Crippen molar-refractivity contribution in [1.29, 1.82) is 0 Å². The van der Waals surface area contributed by atoms with E-state index in [1.165, 1.54) is 12.8 Å². The van der Waals surface area contributed by atoms with Gasteiger partial charge in [0.15, 0.2) is 5.82 Å². The van der Waals surface area contributed by atoms with Crippen molar-refractivity contribution < 1.29 is 4.74 Å². The van der Waals surface area contributed by atoms with Gasteiger partial charge in [-0.15, -0.1) is 5.10 Å². The molecule has 1 saturated carbocycles. The zero-order chi connectivity index (χ0) is 15.6. The van der Waals surface area contributed by atoms with Gasteiger partial charge in [-0.3, -0.25) is 0 Å². The van der Waals surface area contributed by atoms with Gasteiger partial charge >= 0.3 is 0 Å². The zero-order valence-electron chi connectivity index (χ0n) is 12.8. The van der Waals surface area contributed by atoms with E-state index in [1.807, 2.05) is 28.9 Å². The van der Waals surface area contributed by atoms with Crippen LogP contribution in [0.2, 0.25) is 0 Å². The number of aryl methyl sites for hydroxylation is 2. The van der Waals surface area contributed by atoms with Crippen LogP contribution in [-0.2, 0) is 13.0 Å². The van der Waals surface area contributed by atoms with Gasteiger partial charge in [-0.2, -0.15) is 5.10 Å². The van der Waals surface area contributed by atoms with Gasteiger partial charge in [0.05, 0.1) is 19.3 Å². The third-order valence-electron chi connectivity index (χ3n) is 3.91. The number of hydrogen-bond acceptors (Lipinski definition) is 6. The minimum atomic E-state index is 0.515. The molecule has 8 nitrogen and oxygen atoms in total. The molecule has 0 spiro atoms. The monoisotopic (exact) mass is 311 g/mol. The van der Waals surface area contributed by atoms with Crippen LogP contribution in [-0.4, -0.2) is 42.1 Å². The molecule has 23 heavy (non-hydrogen) atoms. The van der Waals surface area contributed by atoms with E-state index in [9.17, 15) is 0 Å². The van der Waals surface area contributed by atoms with Crippen LogP contribution in [0.4, 0.5) is 0 Å². The fraction of sp³-hybridized carbons (Fsp3) is 0.400. The summed E-state index contributed by atoms with van der Waals surface area (Å²) in [6.07, 6.45) is 4.69. The van der Waals surface area contributed by atoms with E-state index in [2.05, 4.69) is 15.5 Å². The molecular formula is C15H17N7O. The lowest BCUT2D eigenvalue weighted by molar-refractivity contribution is 0.414. The molecule has 0 aliphatic heterocycles. The van der Waals surface area contributed by atoms with Crippen LogP contribution in [0.25, 0.3) is 5.69 Å². The minimum absolute atomic E-state index is 0.515. The molecule has 0 bridgehead atoms. The van der Waals surface area contributed by atoms with E-state index in [-0.39, 0.29) is 0 Å². The molecule has 0 atom stereocenters. The Balaban J connectivity index is 1.62. The Morgan fingerprint density at radius 1 is 1.22 bits per heavy atom. The minimum Gasteiger partial charge on any atom is -0.497 e.